The molecule has 1 saturated carbocycles. The van der Waals surface area contributed by atoms with Gasteiger partial charge in [-0.25, -0.2) is 0 Å². The van der Waals surface area contributed by atoms with Crippen molar-refractivity contribution < 1.29 is 29.0 Å². The first-order valence-electron chi connectivity index (χ1n) is 11.4. The Morgan fingerprint density at radius 2 is 1.57 bits per heavy atom. The Labute approximate surface area is 206 Å². The van der Waals surface area contributed by atoms with E-state index in [4.69, 9.17) is 19.4 Å². The molecule has 9 nitrogen and oxygen atoms in total. The van der Waals surface area contributed by atoms with Crippen LogP contribution >= 0.6 is 0 Å². The molecule has 6 N–H and O–H groups in total. The van der Waals surface area contributed by atoms with Crippen LogP contribution in [0.3, 0.4) is 0 Å². The van der Waals surface area contributed by atoms with Crippen LogP contribution in [-0.2, 0) is 4.79 Å². The number of aryl methyl sites for hydroxylation is 1. The molecule has 0 radical (unpaired) electrons. The molecule has 0 bridgehead atoms. The highest BCUT2D eigenvalue weighted by molar-refractivity contribution is 6.06. The first-order chi connectivity index (χ1) is 16.4. The Bertz CT molecular complexity index is 974. The third-order valence-corrected chi connectivity index (χ3v) is 5.96. The van der Waals surface area contributed by atoms with Crippen LogP contribution in [0.4, 0.5) is 5.69 Å². The van der Waals surface area contributed by atoms with E-state index >= 15 is 0 Å². The van der Waals surface area contributed by atoms with Gasteiger partial charge in [0, 0.05) is 29.8 Å². The largest absolute Gasteiger partial charge is 0.554 e. The standard InChI is InChI=1S/C25H32N2O4.CH2O2.H3N/c1-17-9-10-19(24(28)26-14-13-18-7-5-4-6-8-18)15-21(17)27-25(29)20-11-12-22(30-2)23(16-20)31-3;2-1-3;/h9-12,15-16,18H,4-8,13-14H2,1-3H3,(H,26,28)(H,27,29);1H,(H,2,3);1H3. The second kappa shape index (κ2) is 15.3. The minimum absolute atomic E-state index is 0. The number of anilines is 1. The van der Waals surface area contributed by atoms with Crippen LogP contribution in [0.5, 0.6) is 11.5 Å². The summed E-state index contributed by atoms with van der Waals surface area (Å²) in [6, 6.07) is 10.4. The predicted molar refractivity (Wildman–Crippen MR) is 134 cm³/mol. The number of methoxy groups -OCH3 is 2. The topological polar surface area (TPSA) is 153 Å². The first-order valence-corrected chi connectivity index (χ1v) is 11.4. The number of carbonyl (C=O) groups is 3. The van der Waals surface area contributed by atoms with E-state index < -0.39 is 6.47 Å². The van der Waals surface area contributed by atoms with Crippen molar-refractivity contribution in [2.45, 2.75) is 45.4 Å². The molecule has 0 spiro atoms. The fraction of sp³-hybridized carbons (Fsp3) is 0.423. The van der Waals surface area contributed by atoms with Gasteiger partial charge in [0.2, 0.25) is 0 Å². The number of hydrogen-bond acceptors (Lipinski definition) is 6. The molecular weight excluding hydrogens is 450 g/mol. The molecule has 0 saturated heterocycles. The van der Waals surface area contributed by atoms with Crippen molar-refractivity contribution in [2.24, 2.45) is 5.92 Å². The van der Waals surface area contributed by atoms with Crippen LogP contribution in [0.1, 0.15) is 64.8 Å². The molecule has 1 aliphatic carbocycles. The lowest BCUT2D eigenvalue weighted by Gasteiger charge is -2.21. The van der Waals surface area contributed by atoms with Gasteiger partial charge < -0.3 is 36.2 Å². The summed E-state index contributed by atoms with van der Waals surface area (Å²) < 4.78 is 10.5. The fourth-order valence-electron chi connectivity index (χ4n) is 4.04. The Morgan fingerprint density at radius 3 is 2.20 bits per heavy atom. The van der Waals surface area contributed by atoms with Crippen LogP contribution in [0, 0.1) is 12.8 Å². The van der Waals surface area contributed by atoms with Crippen LogP contribution in [0.25, 0.3) is 0 Å². The summed E-state index contributed by atoms with van der Waals surface area (Å²) >= 11 is 0. The summed E-state index contributed by atoms with van der Waals surface area (Å²) in [6.07, 6.45) is 7.52. The van der Waals surface area contributed by atoms with E-state index in [2.05, 4.69) is 10.6 Å². The first kappa shape index (κ1) is 29.4. The maximum atomic E-state index is 12.8. The average molecular weight is 488 g/mol. The lowest BCUT2D eigenvalue weighted by atomic mass is 9.87. The van der Waals surface area contributed by atoms with Gasteiger partial charge in [0.05, 0.1) is 14.2 Å². The highest BCUT2D eigenvalue weighted by atomic mass is 16.5. The van der Waals surface area contributed by atoms with Gasteiger partial charge in [-0.05, 0) is 55.2 Å². The van der Waals surface area contributed by atoms with Crippen LogP contribution in [0.15, 0.2) is 36.4 Å². The van der Waals surface area contributed by atoms with Gasteiger partial charge in [-0.2, -0.15) is 0 Å². The molecule has 192 valence electrons. The van der Waals surface area contributed by atoms with E-state index in [-0.39, 0.29) is 18.0 Å². The molecule has 2 amide bonds. The summed E-state index contributed by atoms with van der Waals surface area (Å²) in [4.78, 5) is 33.6. The molecule has 1 aliphatic rings. The zero-order valence-electron chi connectivity index (χ0n) is 21.0. The van der Waals surface area contributed by atoms with E-state index in [1.165, 1.54) is 39.2 Å². The van der Waals surface area contributed by atoms with Crippen molar-refractivity contribution in [3.8, 4) is 11.5 Å². The molecule has 0 aliphatic heterocycles. The highest BCUT2D eigenvalue weighted by Crippen LogP contribution is 2.28. The summed E-state index contributed by atoms with van der Waals surface area (Å²) in [6.45, 7) is 2.08. The molecule has 9 heteroatoms. The van der Waals surface area contributed by atoms with Crippen molar-refractivity contribution in [3.63, 3.8) is 0 Å². The molecule has 0 aromatic heterocycles. The number of amides is 2. The minimum Gasteiger partial charge on any atom is -0.554 e. The molecule has 0 atom stereocenters. The zero-order valence-corrected chi connectivity index (χ0v) is 21.0. The number of quaternary nitrogens is 1. The summed E-state index contributed by atoms with van der Waals surface area (Å²) in [5.41, 5.74) is 2.48. The SMILES string of the molecule is COc1ccc(C(=O)Nc2cc(C(=O)NCCC3CCCCC3)ccc2C)cc1OC.O=C[O-].[NH4+]. The number of carboxylic acid groups (broad SMARTS) is 1. The van der Waals surface area contributed by atoms with Crippen LogP contribution in [0.2, 0.25) is 0 Å². The molecule has 0 heterocycles. The molecule has 1 fully saturated rings. The van der Waals surface area contributed by atoms with E-state index in [9.17, 15) is 9.59 Å². The third-order valence-electron chi connectivity index (χ3n) is 5.96. The number of nitrogens with one attached hydrogen (secondary N) is 2. The van der Waals surface area contributed by atoms with Crippen LogP contribution < -0.4 is 31.4 Å². The van der Waals surface area contributed by atoms with Crippen molar-refractivity contribution in [2.75, 3.05) is 26.1 Å². The normalized spacial score (nSPS) is 12.8. The minimum atomic E-state index is -0.500. The van der Waals surface area contributed by atoms with E-state index in [0.29, 0.717) is 34.9 Å². The number of benzene rings is 2. The lowest BCUT2D eigenvalue weighted by molar-refractivity contribution is -0.283. The van der Waals surface area contributed by atoms with Gasteiger partial charge in [0.1, 0.15) is 0 Å². The smallest absolute Gasteiger partial charge is 0.255 e. The number of carbonyl (C=O) groups excluding carboxylic acids is 3. The molecule has 2 aromatic carbocycles. The summed E-state index contributed by atoms with van der Waals surface area (Å²) in [7, 11) is 3.08. The third kappa shape index (κ3) is 8.94. The van der Waals surface area contributed by atoms with Crippen molar-refractivity contribution in [1.29, 1.82) is 0 Å². The Kier molecular flexibility index (Phi) is 12.9. The van der Waals surface area contributed by atoms with Crippen molar-refractivity contribution in [3.05, 3.63) is 53.1 Å². The van der Waals surface area contributed by atoms with E-state index in [1.54, 1.807) is 37.4 Å². The monoisotopic (exact) mass is 487 g/mol. The van der Waals surface area contributed by atoms with Gasteiger partial charge in [0.25, 0.3) is 11.8 Å². The average Bonchev–Trinajstić information content (AvgIpc) is 2.85. The molecule has 35 heavy (non-hydrogen) atoms. The molecule has 3 rings (SSSR count). The maximum Gasteiger partial charge on any atom is 0.255 e. The molecule has 2 aromatic rings. The molecule has 0 unspecified atom stereocenters. The van der Waals surface area contributed by atoms with E-state index in [0.717, 1.165) is 17.9 Å². The Morgan fingerprint density at radius 1 is 0.971 bits per heavy atom. The fourth-order valence-corrected chi connectivity index (χ4v) is 4.04. The van der Waals surface area contributed by atoms with Gasteiger partial charge in [0.15, 0.2) is 11.5 Å². The Hall–Kier alpha value is -3.59. The van der Waals surface area contributed by atoms with Gasteiger partial charge >= 0.3 is 0 Å². The van der Waals surface area contributed by atoms with Crippen LogP contribution in [-0.4, -0.2) is 39.1 Å². The predicted octanol–water partition coefficient (Wildman–Crippen LogP) is 3.71. The number of hydrogen-bond donors (Lipinski definition) is 3. The quantitative estimate of drug-likeness (QED) is 0.482. The zero-order chi connectivity index (χ0) is 24.9. The summed E-state index contributed by atoms with van der Waals surface area (Å²) in [5.74, 6) is 1.37. The summed E-state index contributed by atoms with van der Waals surface area (Å²) in [5, 5.41) is 14.2. The highest BCUT2D eigenvalue weighted by Gasteiger charge is 2.16. The number of ether oxygens (including phenoxy) is 2. The lowest BCUT2D eigenvalue weighted by Crippen LogP contribution is -2.26. The molecular formula is C26H37N3O6. The van der Waals surface area contributed by atoms with Crippen molar-refractivity contribution >= 4 is 24.0 Å². The van der Waals surface area contributed by atoms with Gasteiger partial charge in [-0.15, -0.1) is 0 Å². The number of rotatable bonds is 8. The van der Waals surface area contributed by atoms with Gasteiger partial charge in [-0.1, -0.05) is 38.2 Å². The Balaban J connectivity index is 0.00000145. The second-order valence-electron chi connectivity index (χ2n) is 8.20. The van der Waals surface area contributed by atoms with Crippen molar-refractivity contribution in [1.82, 2.24) is 11.5 Å². The maximum absolute atomic E-state index is 12.8. The van der Waals surface area contributed by atoms with E-state index in [1.807, 2.05) is 13.0 Å². The van der Waals surface area contributed by atoms with Gasteiger partial charge in [-0.3, -0.25) is 9.59 Å². The second-order valence-corrected chi connectivity index (χ2v) is 8.20.